The minimum Gasteiger partial charge on any atom is -0.394 e. The molecular weight excluding hydrogens is 332 g/mol. The molecule has 10 heteroatoms. The summed E-state index contributed by atoms with van der Waals surface area (Å²) in [5, 5.41) is 48.5. The number of hydrogen-bond acceptors (Lipinski definition) is 8. The summed E-state index contributed by atoms with van der Waals surface area (Å²) in [6.45, 7) is -0.582. The zero-order valence-corrected chi connectivity index (χ0v) is 13.0. The molecule has 0 saturated carbocycles. The van der Waals surface area contributed by atoms with Crippen LogP contribution in [-0.2, 0) is 4.74 Å². The van der Waals surface area contributed by atoms with Gasteiger partial charge in [0.2, 0.25) is 0 Å². The Morgan fingerprint density at radius 3 is 2.56 bits per heavy atom. The van der Waals surface area contributed by atoms with E-state index in [0.29, 0.717) is 5.69 Å². The van der Waals surface area contributed by atoms with Crippen LogP contribution in [0.25, 0.3) is 5.69 Å². The van der Waals surface area contributed by atoms with Crippen LogP contribution in [0.2, 0.25) is 0 Å². The summed E-state index contributed by atoms with van der Waals surface area (Å²) in [5.41, 5.74) is 0.683. The van der Waals surface area contributed by atoms with Gasteiger partial charge in [-0.25, -0.2) is 4.68 Å². The first-order chi connectivity index (χ1) is 12.0. The highest BCUT2D eigenvalue weighted by Gasteiger charge is 2.44. The van der Waals surface area contributed by atoms with Crippen molar-refractivity contribution < 1.29 is 30.0 Å². The molecular formula is C15H18N4O6. The highest BCUT2D eigenvalue weighted by Crippen LogP contribution is 2.20. The number of aliphatic hydroxyl groups is 4. The normalized spacial score (nSPS) is 29.4. The average molecular weight is 350 g/mol. The van der Waals surface area contributed by atoms with Crippen LogP contribution in [0.1, 0.15) is 10.5 Å². The van der Waals surface area contributed by atoms with Crippen molar-refractivity contribution in [2.24, 2.45) is 0 Å². The van der Waals surface area contributed by atoms with E-state index in [1.807, 2.05) is 18.2 Å². The van der Waals surface area contributed by atoms with Gasteiger partial charge in [0, 0.05) is 0 Å². The number of carbonyl (C=O) groups is 1. The van der Waals surface area contributed by atoms with Crippen molar-refractivity contribution in [2.75, 3.05) is 6.61 Å². The molecule has 3 rings (SSSR count). The van der Waals surface area contributed by atoms with Crippen molar-refractivity contribution >= 4 is 5.91 Å². The fraction of sp³-hybridized carbons (Fsp3) is 0.400. The number of para-hydroxylation sites is 1. The topological polar surface area (TPSA) is 150 Å². The molecule has 0 aliphatic carbocycles. The SMILES string of the molecule is O=C(N[C@@H]1O[C@H](CO)[C@@H](O)[C@H](O)[C@H]1O)c1cn(-c2ccccc2)nn1. The Kier molecular flexibility index (Phi) is 5.06. The maximum absolute atomic E-state index is 12.3. The van der Waals surface area contributed by atoms with E-state index in [9.17, 15) is 20.1 Å². The Hall–Kier alpha value is -2.37. The van der Waals surface area contributed by atoms with E-state index in [0.717, 1.165) is 0 Å². The van der Waals surface area contributed by atoms with Crippen molar-refractivity contribution in [3.63, 3.8) is 0 Å². The maximum atomic E-state index is 12.3. The molecule has 1 fully saturated rings. The fourth-order valence-electron chi connectivity index (χ4n) is 2.50. The predicted molar refractivity (Wildman–Crippen MR) is 82.6 cm³/mol. The Labute approximate surface area is 142 Å². The third-order valence-electron chi connectivity index (χ3n) is 3.91. The summed E-state index contributed by atoms with van der Waals surface area (Å²) in [7, 11) is 0. The number of aromatic nitrogens is 3. The Morgan fingerprint density at radius 2 is 1.88 bits per heavy atom. The van der Waals surface area contributed by atoms with Crippen LogP contribution in [-0.4, -0.2) is 78.6 Å². The van der Waals surface area contributed by atoms with Gasteiger partial charge in [0.25, 0.3) is 5.91 Å². The third kappa shape index (κ3) is 3.52. The summed E-state index contributed by atoms with van der Waals surface area (Å²) in [4.78, 5) is 12.3. The monoisotopic (exact) mass is 350 g/mol. The summed E-state index contributed by atoms with van der Waals surface area (Å²) in [6, 6.07) is 9.03. The van der Waals surface area contributed by atoms with Gasteiger partial charge in [-0.3, -0.25) is 4.79 Å². The summed E-state index contributed by atoms with van der Waals surface area (Å²) in [5.74, 6) is -0.688. The lowest BCUT2D eigenvalue weighted by Crippen LogP contribution is -2.63. The molecule has 1 aromatic heterocycles. The van der Waals surface area contributed by atoms with E-state index in [1.54, 1.807) is 12.1 Å². The number of rotatable bonds is 4. The molecule has 2 heterocycles. The molecule has 0 bridgehead atoms. The number of nitrogens with zero attached hydrogens (tertiary/aromatic N) is 3. The van der Waals surface area contributed by atoms with Gasteiger partial charge in [0.1, 0.15) is 24.4 Å². The third-order valence-corrected chi connectivity index (χ3v) is 3.91. The first kappa shape index (κ1) is 17.5. The van der Waals surface area contributed by atoms with E-state index < -0.39 is 43.2 Å². The number of ether oxygens (including phenoxy) is 1. The molecule has 0 radical (unpaired) electrons. The van der Waals surface area contributed by atoms with Crippen molar-refractivity contribution in [2.45, 2.75) is 30.6 Å². The second-order valence-electron chi connectivity index (χ2n) is 5.61. The van der Waals surface area contributed by atoms with Crippen LogP contribution >= 0.6 is 0 Å². The van der Waals surface area contributed by atoms with Crippen LogP contribution in [0, 0.1) is 0 Å². The molecule has 2 aromatic rings. The number of benzene rings is 1. The Bertz CT molecular complexity index is 722. The first-order valence-electron chi connectivity index (χ1n) is 7.60. The molecule has 1 aliphatic rings. The van der Waals surface area contributed by atoms with Gasteiger partial charge in [-0.15, -0.1) is 5.10 Å². The molecule has 1 amide bonds. The zero-order valence-electron chi connectivity index (χ0n) is 13.0. The summed E-state index contributed by atoms with van der Waals surface area (Å²) < 4.78 is 6.62. The molecule has 0 spiro atoms. The highest BCUT2D eigenvalue weighted by atomic mass is 16.6. The van der Waals surface area contributed by atoms with Crippen LogP contribution < -0.4 is 5.32 Å². The average Bonchev–Trinajstić information content (AvgIpc) is 3.13. The molecule has 5 atom stereocenters. The van der Waals surface area contributed by atoms with Gasteiger partial charge in [-0.1, -0.05) is 23.4 Å². The van der Waals surface area contributed by atoms with Gasteiger partial charge >= 0.3 is 0 Å². The first-order valence-corrected chi connectivity index (χ1v) is 7.60. The quantitative estimate of drug-likeness (QED) is 0.417. The summed E-state index contributed by atoms with van der Waals surface area (Å²) in [6.07, 6.45) is -5.66. The summed E-state index contributed by atoms with van der Waals surface area (Å²) >= 11 is 0. The molecule has 0 unspecified atom stereocenters. The van der Waals surface area contributed by atoms with Crippen LogP contribution in [0.4, 0.5) is 0 Å². The molecule has 5 N–H and O–H groups in total. The van der Waals surface area contributed by atoms with Gasteiger partial charge in [-0.05, 0) is 12.1 Å². The second kappa shape index (κ2) is 7.25. The Morgan fingerprint density at radius 1 is 1.16 bits per heavy atom. The molecule has 1 aliphatic heterocycles. The van der Waals surface area contributed by atoms with Crippen molar-refractivity contribution in [1.82, 2.24) is 20.3 Å². The molecule has 25 heavy (non-hydrogen) atoms. The van der Waals surface area contributed by atoms with Crippen molar-refractivity contribution in [1.29, 1.82) is 0 Å². The standard InChI is InChI=1S/C15H18N4O6/c20-7-10-11(21)12(22)13(23)15(25-10)16-14(24)9-6-19(18-17-9)8-4-2-1-3-5-8/h1-6,10-13,15,20-23H,7H2,(H,16,24)/t10-,11-,12+,13-,15-/m1/s1. The second-order valence-corrected chi connectivity index (χ2v) is 5.61. The van der Waals surface area contributed by atoms with Crippen molar-refractivity contribution in [3.8, 4) is 5.69 Å². The number of amides is 1. The van der Waals surface area contributed by atoms with Crippen LogP contribution in [0.15, 0.2) is 36.5 Å². The molecule has 10 nitrogen and oxygen atoms in total. The van der Waals surface area contributed by atoms with E-state index in [4.69, 9.17) is 9.84 Å². The van der Waals surface area contributed by atoms with E-state index in [-0.39, 0.29) is 5.69 Å². The predicted octanol–water partition coefficient (Wildman–Crippen LogP) is -2.20. The highest BCUT2D eigenvalue weighted by molar-refractivity contribution is 5.92. The number of aliphatic hydroxyl groups excluding tert-OH is 4. The lowest BCUT2D eigenvalue weighted by atomic mass is 9.98. The van der Waals surface area contributed by atoms with Crippen molar-refractivity contribution in [3.05, 3.63) is 42.2 Å². The molecule has 1 aromatic carbocycles. The lowest BCUT2D eigenvalue weighted by Gasteiger charge is -2.39. The number of nitrogens with one attached hydrogen (secondary N) is 1. The van der Waals surface area contributed by atoms with E-state index >= 15 is 0 Å². The minimum atomic E-state index is -1.57. The van der Waals surface area contributed by atoms with Crippen LogP contribution in [0.5, 0.6) is 0 Å². The van der Waals surface area contributed by atoms with Gasteiger partial charge in [0.05, 0.1) is 18.5 Å². The smallest absolute Gasteiger partial charge is 0.275 e. The fourth-order valence-corrected chi connectivity index (χ4v) is 2.50. The number of hydrogen-bond donors (Lipinski definition) is 5. The lowest BCUT2D eigenvalue weighted by molar-refractivity contribution is -0.233. The van der Waals surface area contributed by atoms with Crippen LogP contribution in [0.3, 0.4) is 0 Å². The number of carbonyl (C=O) groups excluding carboxylic acids is 1. The molecule has 134 valence electrons. The van der Waals surface area contributed by atoms with Gasteiger partial charge in [0.15, 0.2) is 11.9 Å². The Balaban J connectivity index is 1.71. The van der Waals surface area contributed by atoms with Gasteiger partial charge in [-0.2, -0.15) is 0 Å². The maximum Gasteiger partial charge on any atom is 0.275 e. The zero-order chi connectivity index (χ0) is 18.0. The largest absolute Gasteiger partial charge is 0.394 e. The minimum absolute atomic E-state index is 0.0270. The van der Waals surface area contributed by atoms with E-state index in [1.165, 1.54) is 10.9 Å². The van der Waals surface area contributed by atoms with E-state index in [2.05, 4.69) is 15.6 Å². The van der Waals surface area contributed by atoms with Gasteiger partial charge < -0.3 is 30.5 Å². The molecule has 1 saturated heterocycles.